The Morgan fingerprint density at radius 1 is 1.31 bits per heavy atom. The normalized spacial score (nSPS) is 10.8. The number of aromatic nitrogens is 2. The molecular formula is C11H10Cl2N2O. The second-order valence-corrected chi connectivity index (χ2v) is 4.44. The minimum absolute atomic E-state index is 0.0546. The highest BCUT2D eigenvalue weighted by Crippen LogP contribution is 2.29. The summed E-state index contributed by atoms with van der Waals surface area (Å²) in [6.45, 7) is 1.76. The summed E-state index contributed by atoms with van der Waals surface area (Å²) >= 11 is 11.9. The first-order chi connectivity index (χ1) is 7.50. The van der Waals surface area contributed by atoms with Gasteiger partial charge in [-0.05, 0) is 25.1 Å². The Kier molecular flexibility index (Phi) is 2.82. The van der Waals surface area contributed by atoms with Crippen LogP contribution < -0.4 is 5.56 Å². The lowest BCUT2D eigenvalue weighted by atomic mass is 10.1. The van der Waals surface area contributed by atoms with Crippen LogP contribution in [0.15, 0.2) is 23.0 Å². The monoisotopic (exact) mass is 256 g/mol. The van der Waals surface area contributed by atoms with Gasteiger partial charge in [0.05, 0.1) is 10.7 Å². The zero-order chi connectivity index (χ0) is 11.9. The van der Waals surface area contributed by atoms with Crippen molar-refractivity contribution in [2.24, 2.45) is 7.05 Å². The minimum Gasteiger partial charge on any atom is -0.295 e. The van der Waals surface area contributed by atoms with E-state index in [1.54, 1.807) is 32.2 Å². The first-order valence-electron chi connectivity index (χ1n) is 4.71. The maximum atomic E-state index is 11.6. The molecule has 0 aliphatic heterocycles. The molecule has 2 rings (SSSR count). The summed E-state index contributed by atoms with van der Waals surface area (Å²) in [6.07, 6.45) is 0. The first-order valence-corrected chi connectivity index (χ1v) is 5.47. The largest absolute Gasteiger partial charge is 0.295 e. The van der Waals surface area contributed by atoms with Gasteiger partial charge in [-0.15, -0.1) is 0 Å². The fourth-order valence-electron chi connectivity index (χ4n) is 1.62. The quantitative estimate of drug-likeness (QED) is 0.837. The summed E-state index contributed by atoms with van der Waals surface area (Å²) < 4.78 is 1.43. The molecule has 0 unspecified atom stereocenters. The van der Waals surface area contributed by atoms with E-state index >= 15 is 0 Å². The van der Waals surface area contributed by atoms with Gasteiger partial charge >= 0.3 is 0 Å². The van der Waals surface area contributed by atoms with Crippen LogP contribution in [0.4, 0.5) is 0 Å². The molecule has 0 saturated heterocycles. The molecule has 2 aromatic rings. The Balaban J connectivity index is 2.68. The maximum absolute atomic E-state index is 11.6. The van der Waals surface area contributed by atoms with Gasteiger partial charge in [-0.2, -0.15) is 0 Å². The summed E-state index contributed by atoms with van der Waals surface area (Å²) in [5.41, 5.74) is 2.10. The average Bonchev–Trinajstić information content (AvgIpc) is 2.46. The zero-order valence-corrected chi connectivity index (χ0v) is 10.4. The summed E-state index contributed by atoms with van der Waals surface area (Å²) in [7, 11) is 1.67. The van der Waals surface area contributed by atoms with Crippen molar-refractivity contribution < 1.29 is 0 Å². The molecule has 0 aliphatic carbocycles. The highest BCUT2D eigenvalue weighted by molar-refractivity contribution is 6.36. The van der Waals surface area contributed by atoms with Gasteiger partial charge in [0.15, 0.2) is 0 Å². The van der Waals surface area contributed by atoms with E-state index in [2.05, 4.69) is 5.10 Å². The van der Waals surface area contributed by atoms with Crippen LogP contribution in [-0.2, 0) is 7.05 Å². The van der Waals surface area contributed by atoms with Crippen molar-refractivity contribution in [2.45, 2.75) is 6.92 Å². The predicted octanol–water partition coefficient (Wildman–Crippen LogP) is 3.00. The third-order valence-corrected chi connectivity index (χ3v) is 3.03. The molecule has 3 nitrogen and oxygen atoms in total. The number of halogens is 2. The Morgan fingerprint density at radius 3 is 2.50 bits per heavy atom. The summed E-state index contributed by atoms with van der Waals surface area (Å²) in [6, 6.07) is 5.19. The van der Waals surface area contributed by atoms with E-state index in [0.29, 0.717) is 15.6 Å². The van der Waals surface area contributed by atoms with Crippen molar-refractivity contribution in [1.29, 1.82) is 0 Å². The molecule has 5 heteroatoms. The standard InChI is InChI=1S/C11H10Cl2N2O/c1-6-10(14-15(2)11(6)16)8-4-3-7(12)5-9(8)13/h3-5,14H,1-2H3. The Bertz CT molecular complexity index is 599. The first kappa shape index (κ1) is 11.3. The molecule has 1 N–H and O–H groups in total. The van der Waals surface area contributed by atoms with Gasteiger partial charge in [0.2, 0.25) is 0 Å². The molecule has 1 aromatic heterocycles. The van der Waals surface area contributed by atoms with E-state index in [9.17, 15) is 4.79 Å². The molecule has 0 atom stereocenters. The number of hydrogen-bond acceptors (Lipinski definition) is 1. The Hall–Kier alpha value is -1.19. The molecule has 0 spiro atoms. The molecule has 0 aliphatic rings. The van der Waals surface area contributed by atoms with E-state index in [1.807, 2.05) is 0 Å². The fourth-order valence-corrected chi connectivity index (χ4v) is 2.12. The second kappa shape index (κ2) is 4.00. The number of H-pyrrole nitrogens is 1. The van der Waals surface area contributed by atoms with Gasteiger partial charge in [0.25, 0.3) is 5.56 Å². The number of nitrogens with zero attached hydrogens (tertiary/aromatic N) is 1. The average molecular weight is 257 g/mol. The summed E-state index contributed by atoms with van der Waals surface area (Å²) in [4.78, 5) is 11.6. The predicted molar refractivity (Wildman–Crippen MR) is 66.2 cm³/mol. The molecule has 0 saturated carbocycles. The van der Waals surface area contributed by atoms with E-state index in [1.165, 1.54) is 4.68 Å². The lowest BCUT2D eigenvalue weighted by Gasteiger charge is -2.03. The molecule has 0 radical (unpaired) electrons. The van der Waals surface area contributed by atoms with Crippen molar-refractivity contribution in [2.75, 3.05) is 0 Å². The van der Waals surface area contributed by atoms with E-state index in [4.69, 9.17) is 23.2 Å². The van der Waals surface area contributed by atoms with Crippen LogP contribution in [-0.4, -0.2) is 9.78 Å². The van der Waals surface area contributed by atoms with E-state index < -0.39 is 0 Å². The molecule has 16 heavy (non-hydrogen) atoms. The van der Waals surface area contributed by atoms with Gasteiger partial charge in [0.1, 0.15) is 0 Å². The van der Waals surface area contributed by atoms with Crippen LogP contribution >= 0.6 is 23.2 Å². The van der Waals surface area contributed by atoms with Crippen LogP contribution in [0.3, 0.4) is 0 Å². The number of benzene rings is 1. The highest BCUT2D eigenvalue weighted by atomic mass is 35.5. The third kappa shape index (κ3) is 1.77. The van der Waals surface area contributed by atoms with Crippen LogP contribution in [0.5, 0.6) is 0 Å². The number of rotatable bonds is 1. The number of aromatic amines is 1. The minimum atomic E-state index is -0.0546. The second-order valence-electron chi connectivity index (χ2n) is 3.60. The summed E-state index contributed by atoms with van der Waals surface area (Å²) in [5.74, 6) is 0. The van der Waals surface area contributed by atoms with Crippen LogP contribution in [0.2, 0.25) is 10.0 Å². The van der Waals surface area contributed by atoms with E-state index in [-0.39, 0.29) is 5.56 Å². The molecule has 1 aromatic carbocycles. The van der Waals surface area contributed by atoms with Crippen molar-refractivity contribution >= 4 is 23.2 Å². The number of aryl methyl sites for hydroxylation is 1. The molecule has 0 fully saturated rings. The number of hydrogen-bond donors (Lipinski definition) is 1. The lowest BCUT2D eigenvalue weighted by molar-refractivity contribution is 0.741. The van der Waals surface area contributed by atoms with Gasteiger partial charge in [0, 0.05) is 23.2 Å². The SMILES string of the molecule is Cc1c(-c2ccc(Cl)cc2Cl)[nH]n(C)c1=O. The zero-order valence-electron chi connectivity index (χ0n) is 8.84. The molecule has 0 bridgehead atoms. The Morgan fingerprint density at radius 2 is 2.00 bits per heavy atom. The van der Waals surface area contributed by atoms with Crippen molar-refractivity contribution in [3.05, 3.63) is 44.2 Å². The van der Waals surface area contributed by atoms with Crippen LogP contribution in [0.25, 0.3) is 11.3 Å². The molecular weight excluding hydrogens is 247 g/mol. The van der Waals surface area contributed by atoms with Crippen molar-refractivity contribution in [1.82, 2.24) is 9.78 Å². The maximum Gasteiger partial charge on any atom is 0.269 e. The van der Waals surface area contributed by atoms with Crippen molar-refractivity contribution in [3.63, 3.8) is 0 Å². The van der Waals surface area contributed by atoms with Crippen molar-refractivity contribution in [3.8, 4) is 11.3 Å². The Labute approximate surface area is 103 Å². The van der Waals surface area contributed by atoms with Gasteiger partial charge < -0.3 is 0 Å². The lowest BCUT2D eigenvalue weighted by Crippen LogP contribution is -2.12. The third-order valence-electron chi connectivity index (χ3n) is 2.48. The van der Waals surface area contributed by atoms with Gasteiger partial charge in [-0.1, -0.05) is 23.2 Å². The smallest absolute Gasteiger partial charge is 0.269 e. The van der Waals surface area contributed by atoms with Crippen LogP contribution in [0, 0.1) is 6.92 Å². The molecule has 84 valence electrons. The topological polar surface area (TPSA) is 37.8 Å². The van der Waals surface area contributed by atoms with E-state index in [0.717, 1.165) is 11.3 Å². The van der Waals surface area contributed by atoms with Crippen LogP contribution in [0.1, 0.15) is 5.56 Å². The summed E-state index contributed by atoms with van der Waals surface area (Å²) in [5, 5.41) is 4.07. The van der Waals surface area contributed by atoms with Gasteiger partial charge in [-0.25, -0.2) is 0 Å². The molecule has 0 amide bonds. The molecule has 1 heterocycles. The van der Waals surface area contributed by atoms with Gasteiger partial charge in [-0.3, -0.25) is 14.6 Å². The number of nitrogens with one attached hydrogen (secondary N) is 1. The fraction of sp³-hybridized carbons (Fsp3) is 0.182. The highest BCUT2D eigenvalue weighted by Gasteiger charge is 2.12.